The van der Waals surface area contributed by atoms with Gasteiger partial charge in [0.05, 0.1) is 6.61 Å². The second-order valence-electron chi connectivity index (χ2n) is 1.27. The Balaban J connectivity index is 2.74. The minimum atomic E-state index is 0.427. The fraction of sp³-hybridized carbons (Fsp3) is 0.500. The number of carbonyl (C=O) groups excluding carboxylic acids is 1. The first-order chi connectivity index (χ1) is 3.91. The van der Waals surface area contributed by atoms with E-state index < -0.39 is 0 Å². The number of carbonyl (C=O) groups is 1. The van der Waals surface area contributed by atoms with Crippen LogP contribution in [-0.2, 0) is 9.53 Å². The molecule has 0 radical (unpaired) electrons. The van der Waals surface area contributed by atoms with Crippen LogP contribution in [0.2, 0.25) is 0 Å². The summed E-state index contributed by atoms with van der Waals surface area (Å²) in [5.41, 5.74) is 0. The van der Waals surface area contributed by atoms with Crippen LogP contribution < -0.4 is 0 Å². The van der Waals surface area contributed by atoms with E-state index in [1.807, 2.05) is 0 Å². The van der Waals surface area contributed by atoms with Crippen molar-refractivity contribution in [3.63, 3.8) is 0 Å². The molecule has 2 nitrogen and oxygen atoms in total. The van der Waals surface area contributed by atoms with Crippen molar-refractivity contribution >= 4 is 6.47 Å². The van der Waals surface area contributed by atoms with Gasteiger partial charge in [0.15, 0.2) is 0 Å². The Morgan fingerprint density at radius 2 is 2.50 bits per heavy atom. The van der Waals surface area contributed by atoms with Gasteiger partial charge in [-0.1, -0.05) is 0 Å². The molecule has 0 aromatic carbocycles. The van der Waals surface area contributed by atoms with Crippen molar-refractivity contribution in [2.45, 2.75) is 12.8 Å². The molecule has 0 atom stereocenters. The Bertz CT molecular complexity index is 91.2. The Hall–Kier alpha value is -0.970. The fourth-order valence-electron chi connectivity index (χ4n) is 0.306. The molecule has 0 bridgehead atoms. The van der Waals surface area contributed by atoms with Gasteiger partial charge in [-0.05, 0) is 6.42 Å². The Labute approximate surface area is 48.8 Å². The summed E-state index contributed by atoms with van der Waals surface area (Å²) in [6.07, 6.45) is 6.35. The van der Waals surface area contributed by atoms with Crippen LogP contribution in [0.5, 0.6) is 0 Å². The third-order valence-corrected chi connectivity index (χ3v) is 0.651. The van der Waals surface area contributed by atoms with E-state index >= 15 is 0 Å². The van der Waals surface area contributed by atoms with E-state index in [1.54, 1.807) is 0 Å². The molecule has 0 saturated carbocycles. The molecule has 2 heteroatoms. The van der Waals surface area contributed by atoms with Gasteiger partial charge in [-0.25, -0.2) is 0 Å². The highest BCUT2D eigenvalue weighted by Crippen LogP contribution is 1.84. The highest BCUT2D eigenvalue weighted by atomic mass is 16.5. The van der Waals surface area contributed by atoms with Crippen molar-refractivity contribution in [2.24, 2.45) is 0 Å². The molecule has 0 spiro atoms. The molecule has 0 fully saturated rings. The molecule has 0 saturated heterocycles. The van der Waals surface area contributed by atoms with Gasteiger partial charge in [-0.15, -0.1) is 12.3 Å². The summed E-state index contributed by atoms with van der Waals surface area (Å²) in [6, 6.07) is 0. The topological polar surface area (TPSA) is 26.3 Å². The van der Waals surface area contributed by atoms with E-state index in [0.717, 1.165) is 6.42 Å². The summed E-state index contributed by atoms with van der Waals surface area (Å²) < 4.78 is 4.36. The summed E-state index contributed by atoms with van der Waals surface area (Å²) in [7, 11) is 0. The molecule has 0 aromatic rings. The van der Waals surface area contributed by atoms with E-state index in [9.17, 15) is 4.79 Å². The molecule has 0 aromatic heterocycles. The van der Waals surface area contributed by atoms with Crippen LogP contribution in [0.4, 0.5) is 0 Å². The fourth-order valence-corrected chi connectivity index (χ4v) is 0.306. The van der Waals surface area contributed by atoms with Gasteiger partial charge in [-0.2, -0.15) is 0 Å². The van der Waals surface area contributed by atoms with Gasteiger partial charge in [0.25, 0.3) is 6.47 Å². The highest BCUT2D eigenvalue weighted by molar-refractivity contribution is 5.36. The lowest BCUT2D eigenvalue weighted by atomic mass is 10.3. The lowest BCUT2D eigenvalue weighted by Crippen LogP contribution is -1.89. The summed E-state index contributed by atoms with van der Waals surface area (Å²) >= 11 is 0. The van der Waals surface area contributed by atoms with Crippen molar-refractivity contribution in [2.75, 3.05) is 6.61 Å². The largest absolute Gasteiger partial charge is 0.468 e. The van der Waals surface area contributed by atoms with Crippen LogP contribution in [0.1, 0.15) is 12.8 Å². The van der Waals surface area contributed by atoms with Crippen molar-refractivity contribution in [3.8, 4) is 12.3 Å². The van der Waals surface area contributed by atoms with Crippen LogP contribution in [0.3, 0.4) is 0 Å². The number of hydrogen-bond acceptors (Lipinski definition) is 2. The van der Waals surface area contributed by atoms with E-state index in [-0.39, 0.29) is 0 Å². The SMILES string of the molecule is C#CCCCOC=O. The van der Waals surface area contributed by atoms with Crippen molar-refractivity contribution in [1.82, 2.24) is 0 Å². The molecular formula is C6H8O2. The zero-order valence-electron chi connectivity index (χ0n) is 4.59. The summed E-state index contributed by atoms with van der Waals surface area (Å²) in [5, 5.41) is 0. The third kappa shape index (κ3) is 5.03. The van der Waals surface area contributed by atoms with Crippen molar-refractivity contribution in [1.29, 1.82) is 0 Å². The second-order valence-corrected chi connectivity index (χ2v) is 1.27. The molecule has 0 aliphatic rings. The minimum absolute atomic E-state index is 0.427. The zero-order valence-corrected chi connectivity index (χ0v) is 4.59. The number of hydrogen-bond donors (Lipinski definition) is 0. The number of unbranched alkanes of at least 4 members (excludes halogenated alkanes) is 1. The maximum absolute atomic E-state index is 9.49. The van der Waals surface area contributed by atoms with Gasteiger partial charge >= 0.3 is 0 Å². The lowest BCUT2D eigenvalue weighted by Gasteiger charge is -1.90. The van der Waals surface area contributed by atoms with E-state index in [0.29, 0.717) is 19.5 Å². The van der Waals surface area contributed by atoms with Crippen molar-refractivity contribution < 1.29 is 9.53 Å². The van der Waals surface area contributed by atoms with Crippen LogP contribution in [0.25, 0.3) is 0 Å². The molecular weight excluding hydrogens is 104 g/mol. The van der Waals surface area contributed by atoms with Crippen LogP contribution in [-0.4, -0.2) is 13.1 Å². The Morgan fingerprint density at radius 3 is 3.00 bits per heavy atom. The first-order valence-electron chi connectivity index (χ1n) is 2.40. The molecule has 0 heterocycles. The first-order valence-corrected chi connectivity index (χ1v) is 2.40. The van der Waals surface area contributed by atoms with Gasteiger partial charge in [0.2, 0.25) is 0 Å². The van der Waals surface area contributed by atoms with Crippen LogP contribution in [0, 0.1) is 12.3 Å². The normalized spacial score (nSPS) is 7.38. The van der Waals surface area contributed by atoms with Crippen molar-refractivity contribution in [3.05, 3.63) is 0 Å². The minimum Gasteiger partial charge on any atom is -0.468 e. The van der Waals surface area contributed by atoms with Gasteiger partial charge < -0.3 is 4.74 Å². The van der Waals surface area contributed by atoms with Crippen LogP contribution in [0.15, 0.2) is 0 Å². The van der Waals surface area contributed by atoms with Gasteiger partial charge in [0, 0.05) is 6.42 Å². The molecule has 8 heavy (non-hydrogen) atoms. The molecule has 0 unspecified atom stereocenters. The monoisotopic (exact) mass is 112 g/mol. The zero-order chi connectivity index (χ0) is 6.24. The number of terminal acetylenes is 1. The maximum Gasteiger partial charge on any atom is 0.293 e. The Kier molecular flexibility index (Phi) is 5.30. The number of rotatable bonds is 4. The first kappa shape index (κ1) is 7.03. The molecule has 0 aliphatic carbocycles. The average molecular weight is 112 g/mol. The smallest absolute Gasteiger partial charge is 0.293 e. The Morgan fingerprint density at radius 1 is 1.75 bits per heavy atom. The predicted octanol–water partition coefficient (Wildman–Crippen LogP) is 0.573. The summed E-state index contributed by atoms with van der Waals surface area (Å²) in [4.78, 5) is 9.49. The molecule has 44 valence electrons. The predicted molar refractivity (Wildman–Crippen MR) is 30.1 cm³/mol. The summed E-state index contributed by atoms with van der Waals surface area (Å²) in [6.45, 7) is 0.865. The van der Waals surface area contributed by atoms with Gasteiger partial charge in [0.1, 0.15) is 0 Å². The van der Waals surface area contributed by atoms with Gasteiger partial charge in [-0.3, -0.25) is 4.79 Å². The van der Waals surface area contributed by atoms with E-state index in [1.165, 1.54) is 0 Å². The quantitative estimate of drug-likeness (QED) is 0.302. The molecule has 0 N–H and O–H groups in total. The number of ether oxygens (including phenoxy) is 1. The van der Waals surface area contributed by atoms with Crippen LogP contribution >= 0.6 is 0 Å². The maximum atomic E-state index is 9.49. The molecule has 0 rings (SSSR count). The van der Waals surface area contributed by atoms with E-state index in [4.69, 9.17) is 6.42 Å². The summed E-state index contributed by atoms with van der Waals surface area (Å²) in [5.74, 6) is 2.43. The second kappa shape index (κ2) is 6.03. The standard InChI is InChI=1S/C6H8O2/c1-2-3-4-5-8-6-7/h1,6H,3-5H2. The highest BCUT2D eigenvalue weighted by Gasteiger charge is 1.80. The lowest BCUT2D eigenvalue weighted by molar-refractivity contribution is -0.128. The third-order valence-electron chi connectivity index (χ3n) is 0.651. The van der Waals surface area contributed by atoms with E-state index in [2.05, 4.69) is 10.7 Å². The average Bonchev–Trinajstić information content (AvgIpc) is 1.81. The molecule has 0 aliphatic heterocycles. The molecule has 0 amide bonds.